The van der Waals surface area contributed by atoms with Gasteiger partial charge in [-0.15, -0.1) is 11.8 Å². The summed E-state index contributed by atoms with van der Waals surface area (Å²) in [6.45, 7) is 5.51. The molecule has 1 amide bonds. The Morgan fingerprint density at radius 2 is 2.10 bits per heavy atom. The van der Waals surface area contributed by atoms with Gasteiger partial charge in [0.15, 0.2) is 0 Å². The van der Waals surface area contributed by atoms with Crippen molar-refractivity contribution in [2.24, 2.45) is 0 Å². The normalized spacial score (nSPS) is 16.9. The number of carboxylic acid groups (broad SMARTS) is 1. The van der Waals surface area contributed by atoms with Gasteiger partial charge in [0.25, 0.3) is 0 Å². The number of nitrogens with zero attached hydrogens (tertiary/aromatic N) is 1. The molecule has 1 heterocycles. The van der Waals surface area contributed by atoms with E-state index in [1.165, 1.54) is 23.6 Å². The van der Waals surface area contributed by atoms with Crippen molar-refractivity contribution >= 4 is 29.3 Å². The van der Waals surface area contributed by atoms with E-state index in [2.05, 4.69) is 0 Å². The van der Waals surface area contributed by atoms with Crippen molar-refractivity contribution in [1.82, 2.24) is 4.90 Å². The minimum Gasteiger partial charge on any atom is -0.480 e. The highest BCUT2D eigenvalue weighted by Gasteiger charge is 2.32. The van der Waals surface area contributed by atoms with E-state index >= 15 is 0 Å². The number of amides is 1. The minimum atomic E-state index is -0.999. The van der Waals surface area contributed by atoms with Gasteiger partial charge in [0, 0.05) is 5.56 Å². The minimum absolute atomic E-state index is 0.164. The molecule has 4 nitrogen and oxygen atoms in total. The highest BCUT2D eigenvalue weighted by molar-refractivity contribution is 8.03. The van der Waals surface area contributed by atoms with Gasteiger partial charge in [0.05, 0.1) is 11.4 Å². The zero-order chi connectivity index (χ0) is 14.9. The molecule has 1 aliphatic heterocycles. The van der Waals surface area contributed by atoms with E-state index in [-0.39, 0.29) is 11.7 Å². The van der Waals surface area contributed by atoms with Crippen molar-refractivity contribution in [2.45, 2.75) is 26.8 Å². The standard InChI is InChI=1S/C15H17NO3S/c1-9-4-5-12(10(2)6-9)13-7-20-8-14(17)16(13)11(3)15(18)19/h4-7,11H,8H2,1-3H3,(H,18,19). The summed E-state index contributed by atoms with van der Waals surface area (Å²) in [6.07, 6.45) is 0. The van der Waals surface area contributed by atoms with Crippen molar-refractivity contribution in [3.8, 4) is 0 Å². The maximum absolute atomic E-state index is 12.1. The predicted octanol–water partition coefficient (Wildman–Crippen LogP) is 2.65. The largest absolute Gasteiger partial charge is 0.480 e. The predicted molar refractivity (Wildman–Crippen MR) is 80.3 cm³/mol. The molecule has 0 aliphatic carbocycles. The number of thioether (sulfide) groups is 1. The van der Waals surface area contributed by atoms with E-state index in [0.717, 1.165) is 16.7 Å². The molecule has 0 aromatic heterocycles. The Balaban J connectivity index is 2.48. The van der Waals surface area contributed by atoms with Crippen LogP contribution in [0.2, 0.25) is 0 Å². The van der Waals surface area contributed by atoms with Gasteiger partial charge in [0.2, 0.25) is 5.91 Å². The number of aryl methyl sites for hydroxylation is 2. The number of carbonyl (C=O) groups excluding carboxylic acids is 1. The number of benzene rings is 1. The second-order valence-corrected chi connectivity index (χ2v) is 5.77. The molecule has 0 spiro atoms. The van der Waals surface area contributed by atoms with Crippen LogP contribution in [-0.4, -0.2) is 33.7 Å². The van der Waals surface area contributed by atoms with E-state index in [9.17, 15) is 14.7 Å². The number of rotatable bonds is 3. The first kappa shape index (κ1) is 14.7. The zero-order valence-corrected chi connectivity index (χ0v) is 12.5. The molecule has 0 radical (unpaired) electrons. The van der Waals surface area contributed by atoms with Crippen molar-refractivity contribution in [1.29, 1.82) is 0 Å². The molecular weight excluding hydrogens is 274 g/mol. The summed E-state index contributed by atoms with van der Waals surface area (Å²) >= 11 is 1.41. The third-order valence-corrected chi connectivity index (χ3v) is 4.14. The summed E-state index contributed by atoms with van der Waals surface area (Å²) in [6, 6.07) is 5.08. The first-order valence-corrected chi connectivity index (χ1v) is 7.41. The highest BCUT2D eigenvalue weighted by atomic mass is 32.2. The Bertz CT molecular complexity index is 595. The quantitative estimate of drug-likeness (QED) is 0.930. The van der Waals surface area contributed by atoms with Gasteiger partial charge in [-0.3, -0.25) is 9.69 Å². The molecule has 1 atom stereocenters. The van der Waals surface area contributed by atoms with Crippen molar-refractivity contribution in [3.05, 3.63) is 40.3 Å². The van der Waals surface area contributed by atoms with Crippen molar-refractivity contribution in [2.75, 3.05) is 5.75 Å². The van der Waals surface area contributed by atoms with Gasteiger partial charge >= 0.3 is 5.97 Å². The van der Waals surface area contributed by atoms with Gasteiger partial charge in [-0.05, 0) is 31.7 Å². The van der Waals surface area contributed by atoms with Crippen LogP contribution in [0.1, 0.15) is 23.6 Å². The van der Waals surface area contributed by atoms with E-state index in [1.807, 2.05) is 37.5 Å². The fraction of sp³-hybridized carbons (Fsp3) is 0.333. The van der Waals surface area contributed by atoms with Crippen LogP contribution >= 0.6 is 11.8 Å². The Kier molecular flexibility index (Phi) is 4.18. The van der Waals surface area contributed by atoms with Gasteiger partial charge < -0.3 is 5.11 Å². The van der Waals surface area contributed by atoms with Crippen molar-refractivity contribution < 1.29 is 14.7 Å². The van der Waals surface area contributed by atoms with E-state index in [0.29, 0.717) is 5.70 Å². The van der Waals surface area contributed by atoms with Gasteiger partial charge in [-0.2, -0.15) is 0 Å². The lowest BCUT2D eigenvalue weighted by Gasteiger charge is -2.32. The summed E-state index contributed by atoms with van der Waals surface area (Å²) in [5.41, 5.74) is 3.76. The highest BCUT2D eigenvalue weighted by Crippen LogP contribution is 2.32. The summed E-state index contributed by atoms with van der Waals surface area (Å²) < 4.78 is 0. The van der Waals surface area contributed by atoms with Crippen LogP contribution in [0.5, 0.6) is 0 Å². The lowest BCUT2D eigenvalue weighted by atomic mass is 10.0. The number of hydrogen-bond donors (Lipinski definition) is 1. The first-order chi connectivity index (χ1) is 9.41. The SMILES string of the molecule is Cc1ccc(C2=CSCC(=O)N2C(C)C(=O)O)c(C)c1. The fourth-order valence-electron chi connectivity index (χ4n) is 2.28. The first-order valence-electron chi connectivity index (χ1n) is 6.36. The molecule has 1 aromatic rings. The molecular formula is C15H17NO3S. The van der Waals surface area contributed by atoms with E-state index in [4.69, 9.17) is 0 Å². The van der Waals surface area contributed by atoms with Crippen LogP contribution in [-0.2, 0) is 9.59 Å². The molecule has 1 aromatic carbocycles. The molecule has 20 heavy (non-hydrogen) atoms. The summed E-state index contributed by atoms with van der Waals surface area (Å²) in [5.74, 6) is -0.880. The molecule has 0 bridgehead atoms. The lowest BCUT2D eigenvalue weighted by molar-refractivity contribution is -0.145. The lowest BCUT2D eigenvalue weighted by Crippen LogP contribution is -2.44. The Labute approximate surface area is 122 Å². The van der Waals surface area contributed by atoms with Crippen LogP contribution in [0.15, 0.2) is 23.6 Å². The van der Waals surface area contributed by atoms with Crippen LogP contribution in [0, 0.1) is 13.8 Å². The van der Waals surface area contributed by atoms with Gasteiger partial charge in [0.1, 0.15) is 6.04 Å². The molecule has 0 saturated heterocycles. The van der Waals surface area contributed by atoms with E-state index in [1.54, 1.807) is 0 Å². The van der Waals surface area contributed by atoms with Crippen LogP contribution in [0.4, 0.5) is 0 Å². The fourth-order valence-corrected chi connectivity index (χ4v) is 3.05. The van der Waals surface area contributed by atoms with Crippen LogP contribution in [0.25, 0.3) is 5.70 Å². The average Bonchev–Trinajstić information content (AvgIpc) is 2.37. The molecule has 1 N–H and O–H groups in total. The monoisotopic (exact) mass is 291 g/mol. The van der Waals surface area contributed by atoms with Crippen LogP contribution in [0.3, 0.4) is 0 Å². The number of carboxylic acids is 1. The van der Waals surface area contributed by atoms with Gasteiger partial charge in [-0.1, -0.05) is 23.8 Å². The molecule has 2 rings (SSSR count). The Morgan fingerprint density at radius 1 is 1.40 bits per heavy atom. The smallest absolute Gasteiger partial charge is 0.326 e. The zero-order valence-electron chi connectivity index (χ0n) is 11.7. The molecule has 5 heteroatoms. The number of carbonyl (C=O) groups is 2. The third-order valence-electron chi connectivity index (χ3n) is 3.33. The van der Waals surface area contributed by atoms with Gasteiger partial charge in [-0.25, -0.2) is 4.79 Å². The summed E-state index contributed by atoms with van der Waals surface area (Å²) in [5, 5.41) is 11.1. The summed E-state index contributed by atoms with van der Waals surface area (Å²) in [4.78, 5) is 24.7. The average molecular weight is 291 g/mol. The topological polar surface area (TPSA) is 57.6 Å². The second kappa shape index (κ2) is 5.71. The number of hydrogen-bond acceptors (Lipinski definition) is 3. The molecule has 1 unspecified atom stereocenters. The molecule has 1 aliphatic rings. The van der Waals surface area contributed by atoms with Crippen molar-refractivity contribution in [3.63, 3.8) is 0 Å². The molecule has 106 valence electrons. The molecule has 0 fully saturated rings. The Morgan fingerprint density at radius 3 is 2.70 bits per heavy atom. The van der Waals surface area contributed by atoms with Crippen LogP contribution < -0.4 is 0 Å². The summed E-state index contributed by atoms with van der Waals surface area (Å²) in [7, 11) is 0. The second-order valence-electron chi connectivity index (χ2n) is 4.91. The maximum Gasteiger partial charge on any atom is 0.326 e. The Hall–Kier alpha value is -1.75. The molecule has 0 saturated carbocycles. The number of aliphatic carboxylic acids is 1. The maximum atomic E-state index is 12.1. The third kappa shape index (κ3) is 2.72. The van der Waals surface area contributed by atoms with E-state index < -0.39 is 12.0 Å².